The van der Waals surface area contributed by atoms with Gasteiger partial charge in [-0.05, 0) is 12.1 Å². The molecule has 6 heteroatoms. The lowest BCUT2D eigenvalue weighted by molar-refractivity contribution is 0.473. The van der Waals surface area contributed by atoms with E-state index in [1.807, 2.05) is 0 Å². The number of nitrogens with zero attached hydrogens (tertiary/aromatic N) is 1. The lowest BCUT2D eigenvalue weighted by atomic mass is 10.1. The van der Waals surface area contributed by atoms with Gasteiger partial charge in [-0.1, -0.05) is 46.4 Å². The summed E-state index contributed by atoms with van der Waals surface area (Å²) in [5.74, 6) is -0.00934. The highest BCUT2D eigenvalue weighted by Gasteiger charge is 2.11. The highest BCUT2D eigenvalue weighted by molar-refractivity contribution is 6.48. The summed E-state index contributed by atoms with van der Waals surface area (Å²) in [4.78, 5) is 4.02. The van der Waals surface area contributed by atoms with Crippen LogP contribution >= 0.6 is 46.4 Å². The van der Waals surface area contributed by atoms with Gasteiger partial charge in [-0.3, -0.25) is 4.98 Å². The fraction of sp³-hybridized carbons (Fsp3) is 0. The first-order valence-corrected chi connectivity index (χ1v) is 5.99. The molecule has 0 saturated carbocycles. The topological polar surface area (TPSA) is 33.1 Å². The third-order valence-corrected chi connectivity index (χ3v) is 3.57. The van der Waals surface area contributed by atoms with E-state index in [0.29, 0.717) is 26.3 Å². The molecule has 0 spiro atoms. The van der Waals surface area contributed by atoms with E-state index < -0.39 is 0 Å². The SMILES string of the molecule is Oc1cnc(-c2cc(Cl)c(Cl)c(Cl)c2)c(Cl)c1. The second kappa shape index (κ2) is 4.91. The van der Waals surface area contributed by atoms with Gasteiger partial charge in [0.15, 0.2) is 0 Å². The van der Waals surface area contributed by atoms with E-state index in [-0.39, 0.29) is 10.8 Å². The summed E-state index contributed by atoms with van der Waals surface area (Å²) in [6.45, 7) is 0. The van der Waals surface area contributed by atoms with Crippen molar-refractivity contribution in [3.63, 3.8) is 0 Å². The maximum absolute atomic E-state index is 9.22. The van der Waals surface area contributed by atoms with E-state index in [0.717, 1.165) is 0 Å². The Bertz CT molecular complexity index is 563. The minimum Gasteiger partial charge on any atom is -0.506 e. The zero-order valence-corrected chi connectivity index (χ0v) is 11.2. The Balaban J connectivity index is 2.61. The molecule has 1 N–H and O–H groups in total. The number of rotatable bonds is 1. The molecule has 1 heterocycles. The number of aromatic hydroxyl groups is 1. The van der Waals surface area contributed by atoms with Crippen LogP contribution < -0.4 is 0 Å². The molecule has 0 saturated heterocycles. The van der Waals surface area contributed by atoms with Gasteiger partial charge in [-0.25, -0.2) is 0 Å². The fourth-order valence-electron chi connectivity index (χ4n) is 1.33. The molecule has 0 amide bonds. The molecular weight excluding hydrogens is 304 g/mol. The molecule has 88 valence electrons. The standard InChI is InChI=1S/C11H5Cl4NO/c12-7-1-5(2-8(13)10(7)15)11-9(14)3-6(17)4-16-11/h1-4,17H. The first-order chi connectivity index (χ1) is 7.99. The van der Waals surface area contributed by atoms with Gasteiger partial charge < -0.3 is 5.11 Å². The molecule has 0 fully saturated rings. The first-order valence-electron chi connectivity index (χ1n) is 4.48. The van der Waals surface area contributed by atoms with Crippen molar-refractivity contribution in [2.45, 2.75) is 0 Å². The van der Waals surface area contributed by atoms with E-state index in [2.05, 4.69) is 4.98 Å². The molecule has 0 unspecified atom stereocenters. The monoisotopic (exact) mass is 307 g/mol. The van der Waals surface area contributed by atoms with Crippen molar-refractivity contribution in [2.75, 3.05) is 0 Å². The van der Waals surface area contributed by atoms with Gasteiger partial charge in [0, 0.05) is 11.6 Å². The van der Waals surface area contributed by atoms with E-state index in [1.54, 1.807) is 12.1 Å². The van der Waals surface area contributed by atoms with Crippen molar-refractivity contribution in [3.8, 4) is 17.0 Å². The average Bonchev–Trinajstić information content (AvgIpc) is 2.25. The van der Waals surface area contributed by atoms with Crippen LogP contribution in [0, 0.1) is 0 Å². The Kier molecular flexibility index (Phi) is 3.69. The molecule has 0 aliphatic carbocycles. The van der Waals surface area contributed by atoms with Crippen molar-refractivity contribution in [3.05, 3.63) is 44.5 Å². The number of benzene rings is 1. The van der Waals surface area contributed by atoms with Crippen molar-refractivity contribution in [2.24, 2.45) is 0 Å². The predicted molar refractivity (Wildman–Crippen MR) is 71.4 cm³/mol. The minimum absolute atomic E-state index is 0.00934. The highest BCUT2D eigenvalue weighted by atomic mass is 35.5. The quantitative estimate of drug-likeness (QED) is 0.746. The van der Waals surface area contributed by atoms with Crippen LogP contribution in [0.3, 0.4) is 0 Å². The Morgan fingerprint density at radius 3 is 2.00 bits per heavy atom. The van der Waals surface area contributed by atoms with Crippen LogP contribution in [0.25, 0.3) is 11.3 Å². The molecule has 1 aromatic heterocycles. The van der Waals surface area contributed by atoms with Crippen molar-refractivity contribution >= 4 is 46.4 Å². The number of hydrogen-bond donors (Lipinski definition) is 1. The lowest BCUT2D eigenvalue weighted by Crippen LogP contribution is -1.86. The molecule has 0 radical (unpaired) electrons. The Labute approximate surface area is 118 Å². The second-order valence-corrected chi connectivity index (χ2v) is 4.88. The molecular formula is C11H5Cl4NO. The first kappa shape index (κ1) is 12.8. The summed E-state index contributed by atoms with van der Waals surface area (Å²) in [5, 5.41) is 10.4. The summed E-state index contributed by atoms with van der Waals surface area (Å²) in [7, 11) is 0. The highest BCUT2D eigenvalue weighted by Crippen LogP contribution is 2.36. The summed E-state index contributed by atoms with van der Waals surface area (Å²) in [6, 6.07) is 4.61. The van der Waals surface area contributed by atoms with Gasteiger partial charge in [-0.15, -0.1) is 0 Å². The van der Waals surface area contributed by atoms with Crippen LogP contribution in [0.4, 0.5) is 0 Å². The van der Waals surface area contributed by atoms with E-state index >= 15 is 0 Å². The fourth-order valence-corrected chi connectivity index (χ4v) is 2.20. The van der Waals surface area contributed by atoms with E-state index in [4.69, 9.17) is 46.4 Å². The van der Waals surface area contributed by atoms with Crippen LogP contribution in [-0.4, -0.2) is 10.1 Å². The molecule has 2 rings (SSSR count). The Morgan fingerprint density at radius 1 is 0.882 bits per heavy atom. The number of aromatic nitrogens is 1. The van der Waals surface area contributed by atoms with Crippen LogP contribution in [0.2, 0.25) is 20.1 Å². The third kappa shape index (κ3) is 2.61. The molecule has 0 aliphatic rings. The Hall–Kier alpha value is -0.670. The third-order valence-electron chi connectivity index (χ3n) is 2.08. The zero-order chi connectivity index (χ0) is 12.6. The second-order valence-electron chi connectivity index (χ2n) is 3.28. The minimum atomic E-state index is -0.00934. The summed E-state index contributed by atoms with van der Waals surface area (Å²) < 4.78 is 0. The van der Waals surface area contributed by atoms with Gasteiger partial charge in [0.05, 0.1) is 32.0 Å². The predicted octanol–water partition coefficient (Wildman–Crippen LogP) is 5.07. The molecule has 17 heavy (non-hydrogen) atoms. The molecule has 0 bridgehead atoms. The van der Waals surface area contributed by atoms with Crippen molar-refractivity contribution < 1.29 is 5.11 Å². The van der Waals surface area contributed by atoms with Gasteiger partial charge in [0.1, 0.15) is 5.75 Å². The van der Waals surface area contributed by atoms with Crippen LogP contribution in [0.15, 0.2) is 24.4 Å². The molecule has 2 aromatic rings. The lowest BCUT2D eigenvalue weighted by Gasteiger charge is -2.07. The zero-order valence-electron chi connectivity index (χ0n) is 8.22. The van der Waals surface area contributed by atoms with Gasteiger partial charge in [0.25, 0.3) is 0 Å². The van der Waals surface area contributed by atoms with Gasteiger partial charge in [-0.2, -0.15) is 0 Å². The number of pyridine rings is 1. The summed E-state index contributed by atoms with van der Waals surface area (Å²) in [5.41, 5.74) is 1.11. The molecule has 1 aromatic carbocycles. The smallest absolute Gasteiger partial charge is 0.135 e. The Morgan fingerprint density at radius 2 is 1.47 bits per heavy atom. The van der Waals surface area contributed by atoms with Crippen LogP contribution in [-0.2, 0) is 0 Å². The number of halogens is 4. The number of hydrogen-bond acceptors (Lipinski definition) is 2. The van der Waals surface area contributed by atoms with Crippen molar-refractivity contribution in [1.82, 2.24) is 4.98 Å². The molecule has 2 nitrogen and oxygen atoms in total. The van der Waals surface area contributed by atoms with E-state index in [9.17, 15) is 5.11 Å². The average molecular weight is 309 g/mol. The maximum Gasteiger partial charge on any atom is 0.135 e. The van der Waals surface area contributed by atoms with Crippen molar-refractivity contribution in [1.29, 1.82) is 0 Å². The van der Waals surface area contributed by atoms with E-state index in [1.165, 1.54) is 12.3 Å². The largest absolute Gasteiger partial charge is 0.506 e. The molecule has 0 atom stereocenters. The van der Waals surface area contributed by atoms with Gasteiger partial charge in [0.2, 0.25) is 0 Å². The normalized spacial score (nSPS) is 10.6. The van der Waals surface area contributed by atoms with Crippen LogP contribution in [0.1, 0.15) is 0 Å². The van der Waals surface area contributed by atoms with Crippen LogP contribution in [0.5, 0.6) is 5.75 Å². The summed E-state index contributed by atoms with van der Waals surface area (Å²) >= 11 is 23.6. The maximum atomic E-state index is 9.22. The summed E-state index contributed by atoms with van der Waals surface area (Å²) in [6.07, 6.45) is 1.29. The van der Waals surface area contributed by atoms with Gasteiger partial charge >= 0.3 is 0 Å². The molecule has 0 aliphatic heterocycles.